The quantitative estimate of drug-likeness (QED) is 0.675. The van der Waals surface area contributed by atoms with Crippen molar-refractivity contribution < 1.29 is 13.7 Å². The topological polar surface area (TPSA) is 68.1 Å². The van der Waals surface area contributed by atoms with E-state index in [4.69, 9.17) is 0 Å². The van der Waals surface area contributed by atoms with E-state index in [0.29, 0.717) is 6.42 Å². The molecule has 0 amide bonds. The third-order valence-electron chi connectivity index (χ3n) is 2.68. The molecule has 1 aromatic carbocycles. The maximum Gasteiger partial charge on any atom is 0.295 e. The van der Waals surface area contributed by atoms with E-state index in [2.05, 4.69) is 10.3 Å². The summed E-state index contributed by atoms with van der Waals surface area (Å²) >= 11 is 0. The molecular weight excluding hydrogens is 268 g/mol. The number of hydrogen-bond donors (Lipinski definition) is 1. The Morgan fingerprint density at radius 2 is 2.05 bits per heavy atom. The number of anilines is 1. The SMILES string of the molecule is O=[N+]([O-])c1ccc(F)c(F)c1NCCc1ccccn1. The van der Waals surface area contributed by atoms with Gasteiger partial charge < -0.3 is 5.32 Å². The van der Waals surface area contributed by atoms with Crippen molar-refractivity contribution in [3.05, 3.63) is 64.0 Å². The predicted molar refractivity (Wildman–Crippen MR) is 69.4 cm³/mol. The molecule has 20 heavy (non-hydrogen) atoms. The van der Waals surface area contributed by atoms with Crippen molar-refractivity contribution in [1.82, 2.24) is 4.98 Å². The molecule has 1 N–H and O–H groups in total. The second kappa shape index (κ2) is 6.05. The molecule has 7 heteroatoms. The predicted octanol–water partition coefficient (Wildman–Crippen LogP) is 2.92. The van der Waals surface area contributed by atoms with E-state index in [1.54, 1.807) is 24.4 Å². The fourth-order valence-electron chi connectivity index (χ4n) is 1.72. The fraction of sp³-hybridized carbons (Fsp3) is 0.154. The molecule has 0 radical (unpaired) electrons. The maximum absolute atomic E-state index is 13.6. The van der Waals surface area contributed by atoms with Gasteiger partial charge in [0.2, 0.25) is 0 Å². The Morgan fingerprint density at radius 3 is 2.70 bits per heavy atom. The number of nitrogens with one attached hydrogen (secondary N) is 1. The van der Waals surface area contributed by atoms with E-state index in [0.717, 1.165) is 17.8 Å². The Balaban J connectivity index is 2.12. The minimum atomic E-state index is -1.25. The highest BCUT2D eigenvalue weighted by molar-refractivity contribution is 5.62. The van der Waals surface area contributed by atoms with Crippen LogP contribution >= 0.6 is 0 Å². The Hall–Kier alpha value is -2.57. The number of rotatable bonds is 5. The first-order valence-corrected chi connectivity index (χ1v) is 5.85. The molecule has 2 rings (SSSR count). The molecule has 0 fully saturated rings. The van der Waals surface area contributed by atoms with Crippen molar-refractivity contribution in [2.75, 3.05) is 11.9 Å². The number of halogens is 2. The Kier molecular flexibility index (Phi) is 4.19. The van der Waals surface area contributed by atoms with Crippen molar-refractivity contribution in [1.29, 1.82) is 0 Å². The highest BCUT2D eigenvalue weighted by Gasteiger charge is 2.21. The van der Waals surface area contributed by atoms with E-state index in [9.17, 15) is 18.9 Å². The molecular formula is C13H11F2N3O2. The molecule has 1 aromatic heterocycles. The lowest BCUT2D eigenvalue weighted by molar-refractivity contribution is -0.384. The van der Waals surface area contributed by atoms with Gasteiger partial charge in [0.15, 0.2) is 17.3 Å². The molecule has 2 aromatic rings. The lowest BCUT2D eigenvalue weighted by atomic mass is 10.2. The lowest BCUT2D eigenvalue weighted by Crippen LogP contribution is -2.10. The number of benzene rings is 1. The summed E-state index contributed by atoms with van der Waals surface area (Å²) in [5.41, 5.74) is -0.185. The Labute approximate surface area is 113 Å². The second-order valence-corrected chi connectivity index (χ2v) is 4.01. The van der Waals surface area contributed by atoms with Gasteiger partial charge >= 0.3 is 0 Å². The molecule has 5 nitrogen and oxygen atoms in total. The van der Waals surface area contributed by atoms with Crippen LogP contribution in [-0.2, 0) is 6.42 Å². The Morgan fingerprint density at radius 1 is 1.25 bits per heavy atom. The number of pyridine rings is 1. The van der Waals surface area contributed by atoms with Crippen LogP contribution in [0.3, 0.4) is 0 Å². The molecule has 0 bridgehead atoms. The number of nitrogens with zero attached hydrogens (tertiary/aromatic N) is 2. The van der Waals surface area contributed by atoms with Crippen molar-refractivity contribution in [2.45, 2.75) is 6.42 Å². The van der Waals surface area contributed by atoms with Gasteiger partial charge in [0.25, 0.3) is 5.69 Å². The fourth-order valence-corrected chi connectivity index (χ4v) is 1.72. The average molecular weight is 279 g/mol. The number of nitro groups is 1. The molecule has 0 atom stereocenters. The van der Waals surface area contributed by atoms with Gasteiger partial charge in [-0.3, -0.25) is 15.1 Å². The van der Waals surface area contributed by atoms with Gasteiger partial charge in [0, 0.05) is 30.9 Å². The molecule has 0 spiro atoms. The third-order valence-corrected chi connectivity index (χ3v) is 2.68. The van der Waals surface area contributed by atoms with Crippen molar-refractivity contribution in [3.63, 3.8) is 0 Å². The zero-order chi connectivity index (χ0) is 14.5. The second-order valence-electron chi connectivity index (χ2n) is 4.01. The monoisotopic (exact) mass is 279 g/mol. The summed E-state index contributed by atoms with van der Waals surface area (Å²) < 4.78 is 26.7. The zero-order valence-corrected chi connectivity index (χ0v) is 10.3. The van der Waals surface area contributed by atoms with E-state index >= 15 is 0 Å². The van der Waals surface area contributed by atoms with Gasteiger partial charge in [-0.15, -0.1) is 0 Å². The molecule has 0 unspecified atom stereocenters. The molecule has 1 heterocycles. The summed E-state index contributed by atoms with van der Waals surface area (Å²) in [7, 11) is 0. The van der Waals surface area contributed by atoms with Crippen LogP contribution in [-0.4, -0.2) is 16.5 Å². The molecule has 0 aliphatic rings. The van der Waals surface area contributed by atoms with Crippen LogP contribution in [0.15, 0.2) is 36.5 Å². The van der Waals surface area contributed by atoms with Crippen LogP contribution < -0.4 is 5.32 Å². The summed E-state index contributed by atoms with van der Waals surface area (Å²) in [5.74, 6) is -2.38. The molecule has 0 aliphatic heterocycles. The molecule has 0 saturated heterocycles. The highest BCUT2D eigenvalue weighted by Crippen LogP contribution is 2.28. The van der Waals surface area contributed by atoms with Gasteiger partial charge in [-0.1, -0.05) is 6.07 Å². The number of aromatic nitrogens is 1. The van der Waals surface area contributed by atoms with Crippen LogP contribution in [0.25, 0.3) is 0 Å². The summed E-state index contributed by atoms with van der Waals surface area (Å²) in [6.45, 7) is 0.207. The van der Waals surface area contributed by atoms with Crippen LogP contribution in [0.5, 0.6) is 0 Å². The van der Waals surface area contributed by atoms with Gasteiger partial charge in [-0.05, 0) is 18.2 Å². The minimum absolute atomic E-state index is 0.207. The van der Waals surface area contributed by atoms with Crippen molar-refractivity contribution in [2.24, 2.45) is 0 Å². The lowest BCUT2D eigenvalue weighted by Gasteiger charge is -2.08. The first-order valence-electron chi connectivity index (χ1n) is 5.85. The van der Waals surface area contributed by atoms with Crippen LogP contribution in [0.4, 0.5) is 20.2 Å². The number of nitro benzene ring substituents is 1. The first kappa shape index (κ1) is 13.9. The minimum Gasteiger partial charge on any atom is -0.377 e. The molecule has 0 saturated carbocycles. The van der Waals surface area contributed by atoms with E-state index in [1.807, 2.05) is 0 Å². The van der Waals surface area contributed by atoms with E-state index in [1.165, 1.54) is 0 Å². The Bertz CT molecular complexity index is 621. The van der Waals surface area contributed by atoms with Crippen LogP contribution in [0.1, 0.15) is 5.69 Å². The third kappa shape index (κ3) is 3.05. The summed E-state index contributed by atoms with van der Waals surface area (Å²) in [5, 5.41) is 13.3. The maximum atomic E-state index is 13.6. The van der Waals surface area contributed by atoms with E-state index in [-0.39, 0.29) is 6.54 Å². The first-order chi connectivity index (χ1) is 9.59. The molecule has 0 aliphatic carbocycles. The van der Waals surface area contributed by atoms with E-state index < -0.39 is 27.9 Å². The van der Waals surface area contributed by atoms with Crippen LogP contribution in [0.2, 0.25) is 0 Å². The van der Waals surface area contributed by atoms with Gasteiger partial charge in [0.05, 0.1) is 4.92 Å². The zero-order valence-electron chi connectivity index (χ0n) is 10.3. The smallest absolute Gasteiger partial charge is 0.295 e. The average Bonchev–Trinajstić information content (AvgIpc) is 2.44. The summed E-state index contributed by atoms with van der Waals surface area (Å²) in [6, 6.07) is 7.00. The summed E-state index contributed by atoms with van der Waals surface area (Å²) in [4.78, 5) is 14.1. The highest BCUT2D eigenvalue weighted by atomic mass is 19.2. The summed E-state index contributed by atoms with van der Waals surface area (Å²) in [6.07, 6.45) is 2.05. The van der Waals surface area contributed by atoms with Crippen molar-refractivity contribution in [3.8, 4) is 0 Å². The van der Waals surface area contributed by atoms with Gasteiger partial charge in [0.1, 0.15) is 0 Å². The van der Waals surface area contributed by atoms with Gasteiger partial charge in [-0.2, -0.15) is 0 Å². The van der Waals surface area contributed by atoms with Crippen LogP contribution in [0, 0.1) is 21.7 Å². The van der Waals surface area contributed by atoms with Crippen molar-refractivity contribution >= 4 is 11.4 Å². The standard InChI is InChI=1S/C13H11F2N3O2/c14-10-4-5-11(18(19)20)13(12(10)15)17-8-6-9-3-1-2-7-16-9/h1-5,7,17H,6,8H2. The number of hydrogen-bond acceptors (Lipinski definition) is 4. The largest absolute Gasteiger partial charge is 0.377 e. The van der Waals surface area contributed by atoms with Gasteiger partial charge in [-0.25, -0.2) is 8.78 Å². The molecule has 104 valence electrons. The normalized spacial score (nSPS) is 10.3.